The Morgan fingerprint density at radius 3 is 2.30 bits per heavy atom. The minimum absolute atomic E-state index is 0.103. The first-order valence-corrected chi connectivity index (χ1v) is 8.80. The molecule has 0 radical (unpaired) electrons. The summed E-state index contributed by atoms with van der Waals surface area (Å²) in [5.41, 5.74) is 3.75. The maximum Gasteiger partial charge on any atom is 0.337 e. The zero-order valence-corrected chi connectivity index (χ0v) is 15.6. The van der Waals surface area contributed by atoms with Crippen LogP contribution in [0, 0.1) is 13.8 Å². The third-order valence-electron chi connectivity index (χ3n) is 4.72. The van der Waals surface area contributed by atoms with Gasteiger partial charge in [-0.25, -0.2) is 4.79 Å². The van der Waals surface area contributed by atoms with Crippen LogP contribution >= 0.6 is 0 Å². The van der Waals surface area contributed by atoms with E-state index in [-0.39, 0.29) is 18.6 Å². The number of Topliss-reactive ketones (excluding diaryl/α,β-unsaturated/α-hetero) is 1. The van der Waals surface area contributed by atoms with Crippen molar-refractivity contribution in [2.75, 3.05) is 7.11 Å². The standard InChI is InChI=1S/C22H22O5/c1-13-4-5-14(2)21-17(13)12-20(27-21)19(24)11-10-18(23)15-6-8-16(9-7-15)22(25)26-3/h4-9,12,19,24H,10-11H2,1-3H3. The number of esters is 1. The van der Waals surface area contributed by atoms with Crippen molar-refractivity contribution in [3.63, 3.8) is 0 Å². The highest BCUT2D eigenvalue weighted by molar-refractivity contribution is 5.97. The second-order valence-electron chi connectivity index (χ2n) is 6.64. The first kappa shape index (κ1) is 18.9. The molecule has 0 saturated carbocycles. The van der Waals surface area contributed by atoms with E-state index in [1.165, 1.54) is 7.11 Å². The molecule has 1 unspecified atom stereocenters. The second kappa shape index (κ2) is 7.76. The van der Waals surface area contributed by atoms with Gasteiger partial charge in [-0.1, -0.05) is 24.3 Å². The van der Waals surface area contributed by atoms with Gasteiger partial charge in [-0.3, -0.25) is 4.79 Å². The van der Waals surface area contributed by atoms with Gasteiger partial charge in [-0.2, -0.15) is 0 Å². The van der Waals surface area contributed by atoms with Crippen LogP contribution in [-0.4, -0.2) is 24.0 Å². The summed E-state index contributed by atoms with van der Waals surface area (Å²) in [6.07, 6.45) is -0.419. The zero-order chi connectivity index (χ0) is 19.6. The summed E-state index contributed by atoms with van der Waals surface area (Å²) in [6.45, 7) is 3.96. The molecule has 5 nitrogen and oxygen atoms in total. The van der Waals surface area contributed by atoms with Crippen molar-refractivity contribution in [1.82, 2.24) is 0 Å². The molecule has 0 aliphatic heterocycles. The summed E-state index contributed by atoms with van der Waals surface area (Å²) in [6, 6.07) is 12.1. The molecule has 3 rings (SSSR count). The molecule has 27 heavy (non-hydrogen) atoms. The number of aryl methyl sites for hydroxylation is 2. The minimum Gasteiger partial charge on any atom is -0.465 e. The lowest BCUT2D eigenvalue weighted by Gasteiger charge is -2.07. The number of rotatable bonds is 6. The van der Waals surface area contributed by atoms with Crippen molar-refractivity contribution in [3.8, 4) is 0 Å². The summed E-state index contributed by atoms with van der Waals surface area (Å²) < 4.78 is 10.5. The van der Waals surface area contributed by atoms with Crippen LogP contribution < -0.4 is 0 Å². The van der Waals surface area contributed by atoms with Crippen molar-refractivity contribution in [1.29, 1.82) is 0 Å². The Balaban J connectivity index is 1.67. The van der Waals surface area contributed by atoms with Gasteiger partial charge in [-0.05, 0) is 49.6 Å². The molecule has 1 atom stereocenters. The monoisotopic (exact) mass is 366 g/mol. The number of methoxy groups -OCH3 is 1. The third-order valence-corrected chi connectivity index (χ3v) is 4.72. The Morgan fingerprint density at radius 1 is 1.04 bits per heavy atom. The van der Waals surface area contributed by atoms with E-state index in [0.29, 0.717) is 16.9 Å². The van der Waals surface area contributed by atoms with E-state index in [4.69, 9.17) is 4.42 Å². The summed E-state index contributed by atoms with van der Waals surface area (Å²) in [5, 5.41) is 11.4. The van der Waals surface area contributed by atoms with Gasteiger partial charge in [0.05, 0.1) is 12.7 Å². The lowest BCUT2D eigenvalue weighted by atomic mass is 10.0. The summed E-state index contributed by atoms with van der Waals surface area (Å²) in [7, 11) is 1.31. The van der Waals surface area contributed by atoms with Crippen LogP contribution in [0.15, 0.2) is 46.9 Å². The fourth-order valence-corrected chi connectivity index (χ4v) is 3.04. The van der Waals surface area contributed by atoms with Gasteiger partial charge in [0.2, 0.25) is 0 Å². The predicted molar refractivity (Wildman–Crippen MR) is 102 cm³/mol. The number of carbonyl (C=O) groups is 2. The lowest BCUT2D eigenvalue weighted by Crippen LogP contribution is -2.05. The van der Waals surface area contributed by atoms with Gasteiger partial charge in [0.15, 0.2) is 5.78 Å². The molecule has 3 aromatic rings. The van der Waals surface area contributed by atoms with E-state index in [1.807, 2.05) is 32.0 Å². The van der Waals surface area contributed by atoms with Crippen molar-refractivity contribution in [2.45, 2.75) is 32.8 Å². The number of hydrogen-bond donors (Lipinski definition) is 1. The Bertz CT molecular complexity index is 943. The molecule has 0 fully saturated rings. The van der Waals surface area contributed by atoms with Crippen LogP contribution in [0.25, 0.3) is 11.0 Å². The zero-order valence-electron chi connectivity index (χ0n) is 15.6. The van der Waals surface area contributed by atoms with Crippen LogP contribution in [0.4, 0.5) is 0 Å². The molecule has 5 heteroatoms. The van der Waals surface area contributed by atoms with E-state index in [9.17, 15) is 14.7 Å². The number of fused-ring (bicyclic) bond motifs is 1. The molecule has 0 aliphatic carbocycles. The van der Waals surface area contributed by atoms with Crippen LogP contribution in [0.2, 0.25) is 0 Å². The quantitative estimate of drug-likeness (QED) is 0.512. The van der Waals surface area contributed by atoms with Crippen LogP contribution in [-0.2, 0) is 4.74 Å². The smallest absolute Gasteiger partial charge is 0.337 e. The average molecular weight is 366 g/mol. The van der Waals surface area contributed by atoms with Crippen LogP contribution in [0.5, 0.6) is 0 Å². The lowest BCUT2D eigenvalue weighted by molar-refractivity contribution is 0.0600. The molecular weight excluding hydrogens is 344 g/mol. The summed E-state index contributed by atoms with van der Waals surface area (Å²) >= 11 is 0. The summed E-state index contributed by atoms with van der Waals surface area (Å²) in [5.74, 6) is -0.0786. The topological polar surface area (TPSA) is 76.7 Å². The second-order valence-corrected chi connectivity index (χ2v) is 6.64. The number of hydrogen-bond acceptors (Lipinski definition) is 5. The van der Waals surface area contributed by atoms with E-state index in [2.05, 4.69) is 4.74 Å². The van der Waals surface area contributed by atoms with Crippen molar-refractivity contribution in [2.24, 2.45) is 0 Å². The molecule has 0 spiro atoms. The van der Waals surface area contributed by atoms with E-state index >= 15 is 0 Å². The van der Waals surface area contributed by atoms with Crippen LogP contribution in [0.3, 0.4) is 0 Å². The molecule has 140 valence electrons. The highest BCUT2D eigenvalue weighted by Crippen LogP contribution is 2.30. The first-order chi connectivity index (χ1) is 12.9. The summed E-state index contributed by atoms with van der Waals surface area (Å²) in [4.78, 5) is 23.8. The number of ether oxygens (including phenoxy) is 1. The van der Waals surface area contributed by atoms with Crippen molar-refractivity contribution >= 4 is 22.7 Å². The van der Waals surface area contributed by atoms with E-state index in [0.717, 1.165) is 22.1 Å². The fraction of sp³-hybridized carbons (Fsp3) is 0.273. The van der Waals surface area contributed by atoms with Gasteiger partial charge < -0.3 is 14.3 Å². The maximum atomic E-state index is 12.4. The number of carbonyl (C=O) groups excluding carboxylic acids is 2. The molecule has 1 heterocycles. The number of benzene rings is 2. The predicted octanol–water partition coefficient (Wildman–Crippen LogP) is 4.53. The molecule has 0 amide bonds. The first-order valence-electron chi connectivity index (χ1n) is 8.80. The third kappa shape index (κ3) is 3.93. The molecular formula is C22H22O5. The maximum absolute atomic E-state index is 12.4. The normalized spacial score (nSPS) is 12.1. The van der Waals surface area contributed by atoms with Gasteiger partial charge in [0, 0.05) is 17.4 Å². The molecule has 0 bridgehead atoms. The van der Waals surface area contributed by atoms with E-state index < -0.39 is 12.1 Å². The minimum atomic E-state index is -0.852. The molecule has 1 N–H and O–H groups in total. The van der Waals surface area contributed by atoms with E-state index in [1.54, 1.807) is 24.3 Å². The van der Waals surface area contributed by atoms with Gasteiger partial charge >= 0.3 is 5.97 Å². The number of ketones is 1. The van der Waals surface area contributed by atoms with Crippen LogP contribution in [0.1, 0.15) is 56.5 Å². The Kier molecular flexibility index (Phi) is 5.42. The number of furan rings is 1. The number of aliphatic hydroxyl groups excluding tert-OH is 1. The van der Waals surface area contributed by atoms with Gasteiger partial charge in [0.25, 0.3) is 0 Å². The molecule has 0 aliphatic rings. The number of aliphatic hydroxyl groups is 1. The molecule has 1 aromatic heterocycles. The van der Waals surface area contributed by atoms with Gasteiger partial charge in [0.1, 0.15) is 17.4 Å². The SMILES string of the molecule is COC(=O)c1ccc(C(=O)CCC(O)c2cc3c(C)ccc(C)c3o2)cc1. The highest BCUT2D eigenvalue weighted by Gasteiger charge is 2.18. The molecule has 0 saturated heterocycles. The van der Waals surface area contributed by atoms with Crippen molar-refractivity contribution < 1.29 is 23.8 Å². The Labute approximate surface area is 157 Å². The average Bonchev–Trinajstić information content (AvgIpc) is 3.15. The largest absolute Gasteiger partial charge is 0.465 e. The van der Waals surface area contributed by atoms with Gasteiger partial charge in [-0.15, -0.1) is 0 Å². The Morgan fingerprint density at radius 2 is 1.67 bits per heavy atom. The fourth-order valence-electron chi connectivity index (χ4n) is 3.04. The van der Waals surface area contributed by atoms with Crippen molar-refractivity contribution in [3.05, 3.63) is 70.5 Å². The Hall–Kier alpha value is -2.92. The molecule has 2 aromatic carbocycles. The highest BCUT2D eigenvalue weighted by atomic mass is 16.5.